The number of likely N-dealkylation sites (tertiary alicyclic amines) is 1. The second kappa shape index (κ2) is 2.58. The smallest absolute Gasteiger partial charge is 0.293 e. The molecule has 1 aliphatic heterocycles. The van der Waals surface area contributed by atoms with Crippen LogP contribution in [0.4, 0.5) is 0 Å². The third-order valence-electron chi connectivity index (χ3n) is 2.06. The van der Waals surface area contributed by atoms with Gasteiger partial charge in [-0.3, -0.25) is 9.69 Å². The van der Waals surface area contributed by atoms with E-state index in [1.54, 1.807) is 0 Å². The summed E-state index contributed by atoms with van der Waals surface area (Å²) in [6, 6.07) is 0. The van der Waals surface area contributed by atoms with Crippen LogP contribution in [0.15, 0.2) is 0 Å². The van der Waals surface area contributed by atoms with Crippen LogP contribution in [0.3, 0.4) is 0 Å². The van der Waals surface area contributed by atoms with Crippen molar-refractivity contribution in [3.63, 3.8) is 0 Å². The number of carbonyl (C=O) groups is 1. The van der Waals surface area contributed by atoms with Gasteiger partial charge in [0.05, 0.1) is 0 Å². The van der Waals surface area contributed by atoms with Crippen molar-refractivity contribution in [2.45, 2.75) is 18.9 Å². The van der Waals surface area contributed by atoms with Gasteiger partial charge in [0.2, 0.25) is 0 Å². The molecule has 1 aliphatic rings. The zero-order chi connectivity index (χ0) is 7.61. The van der Waals surface area contributed by atoms with E-state index in [4.69, 9.17) is 4.74 Å². The Bertz CT molecular complexity index is 130. The first kappa shape index (κ1) is 7.54. The van der Waals surface area contributed by atoms with Gasteiger partial charge in [0, 0.05) is 13.1 Å². The summed E-state index contributed by atoms with van der Waals surface area (Å²) in [5.74, 6) is 0. The van der Waals surface area contributed by atoms with Crippen LogP contribution in [0.5, 0.6) is 0 Å². The fourth-order valence-corrected chi connectivity index (χ4v) is 1.42. The van der Waals surface area contributed by atoms with E-state index < -0.39 is 0 Å². The molecule has 58 valence electrons. The number of hydrogen-bond donors (Lipinski definition) is 0. The van der Waals surface area contributed by atoms with Crippen LogP contribution in [0.1, 0.15) is 13.3 Å². The van der Waals surface area contributed by atoms with Crippen molar-refractivity contribution in [2.75, 3.05) is 20.1 Å². The van der Waals surface area contributed by atoms with Crippen LogP contribution < -0.4 is 0 Å². The lowest BCUT2D eigenvalue weighted by molar-refractivity contribution is -0.163. The lowest BCUT2D eigenvalue weighted by atomic mass is 9.92. The van der Waals surface area contributed by atoms with E-state index in [0.717, 1.165) is 19.5 Å². The Morgan fingerprint density at radius 3 is 2.60 bits per heavy atom. The van der Waals surface area contributed by atoms with E-state index in [2.05, 4.69) is 4.90 Å². The van der Waals surface area contributed by atoms with Gasteiger partial charge in [0.1, 0.15) is 5.60 Å². The highest BCUT2D eigenvalue weighted by atomic mass is 16.5. The van der Waals surface area contributed by atoms with E-state index in [9.17, 15) is 4.79 Å². The quantitative estimate of drug-likeness (QED) is 0.530. The Morgan fingerprint density at radius 2 is 2.30 bits per heavy atom. The van der Waals surface area contributed by atoms with E-state index in [-0.39, 0.29) is 5.60 Å². The van der Waals surface area contributed by atoms with Crippen LogP contribution in [-0.2, 0) is 9.53 Å². The molecule has 10 heavy (non-hydrogen) atoms. The van der Waals surface area contributed by atoms with Gasteiger partial charge in [0.25, 0.3) is 6.47 Å². The maximum Gasteiger partial charge on any atom is 0.293 e. The van der Waals surface area contributed by atoms with Gasteiger partial charge >= 0.3 is 0 Å². The summed E-state index contributed by atoms with van der Waals surface area (Å²) in [7, 11) is 2.02. The molecule has 1 fully saturated rings. The SMILES string of the molecule is CCC1(OC=O)CN(C)C1. The van der Waals surface area contributed by atoms with Crippen molar-refractivity contribution in [3.05, 3.63) is 0 Å². The third kappa shape index (κ3) is 1.14. The number of ether oxygens (including phenoxy) is 1. The number of nitrogens with zero attached hydrogens (tertiary/aromatic N) is 1. The Labute approximate surface area is 61.0 Å². The first-order valence-corrected chi connectivity index (χ1v) is 3.52. The van der Waals surface area contributed by atoms with Gasteiger partial charge in [0.15, 0.2) is 0 Å². The van der Waals surface area contributed by atoms with E-state index in [1.807, 2.05) is 14.0 Å². The molecule has 0 aromatic carbocycles. The Balaban J connectivity index is 2.39. The average Bonchev–Trinajstić information content (AvgIpc) is 1.84. The fourth-order valence-electron chi connectivity index (χ4n) is 1.42. The first-order valence-electron chi connectivity index (χ1n) is 3.52. The monoisotopic (exact) mass is 143 g/mol. The Hall–Kier alpha value is -0.570. The topological polar surface area (TPSA) is 29.5 Å². The molecular weight excluding hydrogens is 130 g/mol. The van der Waals surface area contributed by atoms with Gasteiger partial charge in [-0.2, -0.15) is 0 Å². The van der Waals surface area contributed by atoms with Crippen LogP contribution in [0.2, 0.25) is 0 Å². The number of carbonyl (C=O) groups excluding carboxylic acids is 1. The highest BCUT2D eigenvalue weighted by molar-refractivity contribution is 5.39. The summed E-state index contributed by atoms with van der Waals surface area (Å²) in [5, 5.41) is 0. The van der Waals surface area contributed by atoms with Crippen LogP contribution in [0, 0.1) is 0 Å². The lowest BCUT2D eigenvalue weighted by Crippen LogP contribution is -2.60. The number of rotatable bonds is 3. The van der Waals surface area contributed by atoms with Crippen molar-refractivity contribution in [1.29, 1.82) is 0 Å². The molecule has 0 saturated carbocycles. The van der Waals surface area contributed by atoms with Gasteiger partial charge < -0.3 is 4.74 Å². The van der Waals surface area contributed by atoms with Gasteiger partial charge in [-0.05, 0) is 13.5 Å². The number of likely N-dealkylation sites (N-methyl/N-ethyl adjacent to an activating group) is 1. The third-order valence-corrected chi connectivity index (χ3v) is 2.06. The molecule has 0 aliphatic carbocycles. The molecule has 0 radical (unpaired) electrons. The maximum atomic E-state index is 10.0. The normalized spacial score (nSPS) is 23.4. The molecule has 1 rings (SSSR count). The minimum absolute atomic E-state index is 0.156. The predicted octanol–water partition coefficient (Wildman–Crippen LogP) is 0.254. The standard InChI is InChI=1S/C7H13NO2/c1-3-7(10-6-9)4-8(2)5-7/h6H,3-5H2,1-2H3. The largest absolute Gasteiger partial charge is 0.459 e. The first-order chi connectivity index (χ1) is 4.72. The number of hydrogen-bond acceptors (Lipinski definition) is 3. The minimum Gasteiger partial charge on any atom is -0.459 e. The highest BCUT2D eigenvalue weighted by Crippen LogP contribution is 2.25. The molecular formula is C7H13NO2. The van der Waals surface area contributed by atoms with Crippen LogP contribution in [-0.4, -0.2) is 37.1 Å². The summed E-state index contributed by atoms with van der Waals surface area (Å²) in [6.07, 6.45) is 0.913. The average molecular weight is 143 g/mol. The molecule has 3 nitrogen and oxygen atoms in total. The second-order valence-electron chi connectivity index (χ2n) is 2.92. The predicted molar refractivity (Wildman–Crippen MR) is 37.7 cm³/mol. The van der Waals surface area contributed by atoms with Gasteiger partial charge in [-0.25, -0.2) is 0 Å². The van der Waals surface area contributed by atoms with Crippen LogP contribution in [0.25, 0.3) is 0 Å². The second-order valence-corrected chi connectivity index (χ2v) is 2.92. The summed E-state index contributed by atoms with van der Waals surface area (Å²) < 4.78 is 4.96. The van der Waals surface area contributed by atoms with Crippen molar-refractivity contribution < 1.29 is 9.53 Å². The van der Waals surface area contributed by atoms with Crippen molar-refractivity contribution >= 4 is 6.47 Å². The summed E-state index contributed by atoms with van der Waals surface area (Å²) in [4.78, 5) is 12.2. The minimum atomic E-state index is -0.156. The van der Waals surface area contributed by atoms with Crippen molar-refractivity contribution in [3.8, 4) is 0 Å². The van der Waals surface area contributed by atoms with Gasteiger partial charge in [-0.1, -0.05) is 6.92 Å². The highest BCUT2D eigenvalue weighted by Gasteiger charge is 2.41. The van der Waals surface area contributed by atoms with E-state index in [0.29, 0.717) is 6.47 Å². The Morgan fingerprint density at radius 1 is 1.70 bits per heavy atom. The molecule has 0 atom stereocenters. The Kier molecular flexibility index (Phi) is 1.94. The molecule has 1 saturated heterocycles. The molecule has 0 unspecified atom stereocenters. The molecule has 0 spiro atoms. The summed E-state index contributed by atoms with van der Waals surface area (Å²) in [6.45, 7) is 4.34. The fraction of sp³-hybridized carbons (Fsp3) is 0.857. The van der Waals surface area contributed by atoms with Gasteiger partial charge in [-0.15, -0.1) is 0 Å². The maximum absolute atomic E-state index is 10.0. The molecule has 0 aromatic heterocycles. The molecule has 0 bridgehead atoms. The zero-order valence-corrected chi connectivity index (χ0v) is 6.46. The van der Waals surface area contributed by atoms with Crippen molar-refractivity contribution in [1.82, 2.24) is 4.90 Å². The van der Waals surface area contributed by atoms with E-state index in [1.165, 1.54) is 0 Å². The summed E-state index contributed by atoms with van der Waals surface area (Å²) >= 11 is 0. The summed E-state index contributed by atoms with van der Waals surface area (Å²) in [5.41, 5.74) is -0.156. The molecule has 3 heteroatoms. The molecule has 0 amide bonds. The van der Waals surface area contributed by atoms with E-state index >= 15 is 0 Å². The van der Waals surface area contributed by atoms with Crippen LogP contribution >= 0.6 is 0 Å². The lowest BCUT2D eigenvalue weighted by Gasteiger charge is -2.46. The van der Waals surface area contributed by atoms with Crippen molar-refractivity contribution in [2.24, 2.45) is 0 Å². The zero-order valence-electron chi connectivity index (χ0n) is 6.46. The molecule has 0 aromatic rings. The molecule has 0 N–H and O–H groups in total. The molecule has 1 heterocycles.